The van der Waals surface area contributed by atoms with Gasteiger partial charge in [0.25, 0.3) is 0 Å². The van der Waals surface area contributed by atoms with Crippen molar-refractivity contribution in [1.29, 1.82) is 0 Å². The van der Waals surface area contributed by atoms with Gasteiger partial charge in [0.05, 0.1) is 0 Å². The summed E-state index contributed by atoms with van der Waals surface area (Å²) >= 11 is 3.79. The fraction of sp³-hybridized carbons (Fsp3) is 1.00. The summed E-state index contributed by atoms with van der Waals surface area (Å²) < 4.78 is 0. The van der Waals surface area contributed by atoms with Crippen LogP contribution in [0.5, 0.6) is 0 Å². The van der Waals surface area contributed by atoms with E-state index in [1.165, 1.54) is 0 Å². The standard InChI is InChI=1S/C2H6S.Li.H/c1-2-3;;/h3H,2H2,1H3;;. The van der Waals surface area contributed by atoms with Crippen LogP contribution in [0.25, 0.3) is 0 Å². The van der Waals surface area contributed by atoms with E-state index in [-0.39, 0.29) is 18.9 Å². The maximum absolute atomic E-state index is 3.79. The first kappa shape index (κ1) is 8.87. The molecule has 0 aromatic heterocycles. The second-order valence-electron chi connectivity index (χ2n) is 0.316. The zero-order valence-corrected chi connectivity index (χ0v) is 3.05. The Morgan fingerprint density at radius 3 is 1.75 bits per heavy atom. The summed E-state index contributed by atoms with van der Waals surface area (Å²) in [5.74, 6) is 0.944. The molecule has 0 heterocycles. The van der Waals surface area contributed by atoms with E-state index in [2.05, 4.69) is 12.6 Å². The zero-order chi connectivity index (χ0) is 2.71. The van der Waals surface area contributed by atoms with E-state index in [1.54, 1.807) is 0 Å². The van der Waals surface area contributed by atoms with Gasteiger partial charge < -0.3 is 0 Å². The van der Waals surface area contributed by atoms with Crippen molar-refractivity contribution in [3.8, 4) is 0 Å². The topological polar surface area (TPSA) is 0 Å². The Morgan fingerprint density at radius 1 is 1.75 bits per heavy atom. The van der Waals surface area contributed by atoms with Gasteiger partial charge in [-0.1, -0.05) is 6.92 Å². The van der Waals surface area contributed by atoms with Gasteiger partial charge in [-0.25, -0.2) is 0 Å². The molecule has 0 spiro atoms. The molecule has 0 aliphatic carbocycles. The van der Waals surface area contributed by atoms with Gasteiger partial charge in [-0.15, -0.1) is 0 Å². The van der Waals surface area contributed by atoms with E-state index in [9.17, 15) is 0 Å². The molecule has 0 saturated carbocycles. The summed E-state index contributed by atoms with van der Waals surface area (Å²) in [6.07, 6.45) is 0. The molecule has 0 aliphatic rings. The van der Waals surface area contributed by atoms with Crippen molar-refractivity contribution in [1.82, 2.24) is 0 Å². The molecule has 0 nitrogen and oxygen atoms in total. The summed E-state index contributed by atoms with van der Waals surface area (Å²) in [5, 5.41) is 0. The predicted molar refractivity (Wildman–Crippen MR) is 26.7 cm³/mol. The Balaban J connectivity index is 0. The van der Waals surface area contributed by atoms with Crippen LogP contribution >= 0.6 is 12.6 Å². The maximum atomic E-state index is 3.79. The Kier molecular flexibility index (Phi) is 20.1. The van der Waals surface area contributed by atoms with Crippen molar-refractivity contribution in [2.24, 2.45) is 0 Å². The van der Waals surface area contributed by atoms with E-state index in [0.717, 1.165) is 5.75 Å². The predicted octanol–water partition coefficient (Wildman–Crippen LogP) is 0.288. The van der Waals surface area contributed by atoms with Crippen molar-refractivity contribution < 1.29 is 0 Å². The molecule has 2 heteroatoms. The Labute approximate surface area is 44.6 Å². The van der Waals surface area contributed by atoms with Crippen molar-refractivity contribution in [3.63, 3.8) is 0 Å². The zero-order valence-electron chi connectivity index (χ0n) is 2.15. The van der Waals surface area contributed by atoms with Gasteiger partial charge in [0.1, 0.15) is 0 Å². The molecule has 0 rings (SSSR count). The van der Waals surface area contributed by atoms with Crippen LogP contribution in [0.4, 0.5) is 0 Å². The molecule has 22 valence electrons. The van der Waals surface area contributed by atoms with Crippen LogP contribution in [0.1, 0.15) is 6.92 Å². The van der Waals surface area contributed by atoms with Crippen LogP contribution in [-0.2, 0) is 0 Å². The number of hydrogen-bond donors (Lipinski definition) is 1. The monoisotopic (exact) mass is 70.0 g/mol. The van der Waals surface area contributed by atoms with Crippen LogP contribution in [0.15, 0.2) is 0 Å². The summed E-state index contributed by atoms with van der Waals surface area (Å²) in [5.41, 5.74) is 0. The third-order valence-corrected chi connectivity index (χ3v) is 0. The Morgan fingerprint density at radius 2 is 1.75 bits per heavy atom. The molecular weight excluding hydrogens is 63.0 g/mol. The van der Waals surface area contributed by atoms with E-state index < -0.39 is 0 Å². The number of hydrogen-bond acceptors (Lipinski definition) is 1. The van der Waals surface area contributed by atoms with Gasteiger partial charge >= 0.3 is 18.9 Å². The molecule has 0 unspecified atom stereocenters. The second-order valence-corrected chi connectivity index (χ2v) is 0.949. The summed E-state index contributed by atoms with van der Waals surface area (Å²) in [7, 11) is 0. The SMILES string of the molecule is CCS.[LiH]. The fourth-order valence-electron chi connectivity index (χ4n) is 0. The molecule has 0 bridgehead atoms. The minimum atomic E-state index is 0. The fourth-order valence-corrected chi connectivity index (χ4v) is 0. The quantitative estimate of drug-likeness (QED) is 0.307. The average molecular weight is 70.1 g/mol. The van der Waals surface area contributed by atoms with E-state index in [1.807, 2.05) is 6.92 Å². The van der Waals surface area contributed by atoms with Gasteiger partial charge in [-0.3, -0.25) is 0 Å². The third kappa shape index (κ3) is 12.5. The molecule has 0 aromatic carbocycles. The van der Waals surface area contributed by atoms with Crippen LogP contribution in [0.2, 0.25) is 0 Å². The molecule has 4 heavy (non-hydrogen) atoms. The molecule has 0 amide bonds. The third-order valence-electron chi connectivity index (χ3n) is 0. The second kappa shape index (κ2) is 9.04. The normalized spacial score (nSPS) is 4.50. The van der Waals surface area contributed by atoms with Gasteiger partial charge in [0, 0.05) is 0 Å². The van der Waals surface area contributed by atoms with Crippen LogP contribution < -0.4 is 0 Å². The molecule has 0 saturated heterocycles. The van der Waals surface area contributed by atoms with Gasteiger partial charge in [0.15, 0.2) is 0 Å². The molecule has 0 radical (unpaired) electrons. The van der Waals surface area contributed by atoms with Crippen molar-refractivity contribution in [3.05, 3.63) is 0 Å². The van der Waals surface area contributed by atoms with Crippen LogP contribution in [0.3, 0.4) is 0 Å². The van der Waals surface area contributed by atoms with Crippen molar-refractivity contribution >= 4 is 31.5 Å². The van der Waals surface area contributed by atoms with Gasteiger partial charge in [-0.05, 0) is 5.75 Å². The molecule has 0 aliphatic heterocycles. The molecule has 0 atom stereocenters. The van der Waals surface area contributed by atoms with Crippen molar-refractivity contribution in [2.75, 3.05) is 5.75 Å². The number of thiol groups is 1. The van der Waals surface area contributed by atoms with E-state index >= 15 is 0 Å². The van der Waals surface area contributed by atoms with E-state index in [0.29, 0.717) is 0 Å². The molecular formula is C2H7LiS. The van der Waals surface area contributed by atoms with E-state index in [4.69, 9.17) is 0 Å². The molecule has 0 N–H and O–H groups in total. The van der Waals surface area contributed by atoms with Crippen LogP contribution in [-0.4, -0.2) is 24.6 Å². The van der Waals surface area contributed by atoms with Gasteiger partial charge in [-0.2, -0.15) is 12.6 Å². The first-order valence-electron chi connectivity index (χ1n) is 1.02. The van der Waals surface area contributed by atoms with Crippen LogP contribution in [0, 0.1) is 0 Å². The number of rotatable bonds is 0. The first-order chi connectivity index (χ1) is 1.41. The molecule has 0 fully saturated rings. The Hall–Kier alpha value is 0.947. The average Bonchev–Trinajstić information content (AvgIpc) is 0.918. The minimum absolute atomic E-state index is 0. The van der Waals surface area contributed by atoms with Gasteiger partial charge in [0.2, 0.25) is 0 Å². The van der Waals surface area contributed by atoms with Crippen molar-refractivity contribution in [2.45, 2.75) is 6.92 Å². The summed E-state index contributed by atoms with van der Waals surface area (Å²) in [6, 6.07) is 0. The summed E-state index contributed by atoms with van der Waals surface area (Å²) in [4.78, 5) is 0. The molecule has 0 aromatic rings. The first-order valence-corrected chi connectivity index (χ1v) is 1.66. The Bertz CT molecular complexity index is 6.00. The summed E-state index contributed by atoms with van der Waals surface area (Å²) in [6.45, 7) is 1.99.